The van der Waals surface area contributed by atoms with Crippen molar-refractivity contribution in [2.75, 3.05) is 11.4 Å². The Kier molecular flexibility index (Phi) is 5.06. The molecule has 3 rings (SSSR count). The first kappa shape index (κ1) is 16.0. The van der Waals surface area contributed by atoms with Gasteiger partial charge in [0.15, 0.2) is 0 Å². The lowest BCUT2D eigenvalue weighted by Gasteiger charge is -2.22. The van der Waals surface area contributed by atoms with Gasteiger partial charge in [-0.1, -0.05) is 48.5 Å². The van der Waals surface area contributed by atoms with E-state index in [1.165, 1.54) is 5.56 Å². The minimum atomic E-state index is -0.0168. The van der Waals surface area contributed by atoms with Crippen LogP contribution in [-0.2, 0) is 13.0 Å². The number of amides is 1. The van der Waals surface area contributed by atoms with Crippen molar-refractivity contribution < 1.29 is 4.79 Å². The SMILES string of the molecule is CCn1cc(C(=O)N(CCc2ccccc2)c2ccccc2)cn1. The summed E-state index contributed by atoms with van der Waals surface area (Å²) in [7, 11) is 0. The number of para-hydroxylation sites is 1. The minimum Gasteiger partial charge on any atom is -0.308 e. The maximum Gasteiger partial charge on any atom is 0.261 e. The molecule has 0 N–H and O–H groups in total. The van der Waals surface area contributed by atoms with Crippen molar-refractivity contribution >= 4 is 11.6 Å². The van der Waals surface area contributed by atoms with E-state index < -0.39 is 0 Å². The van der Waals surface area contributed by atoms with Crippen LogP contribution in [0.5, 0.6) is 0 Å². The van der Waals surface area contributed by atoms with Crippen LogP contribution in [0.1, 0.15) is 22.8 Å². The summed E-state index contributed by atoms with van der Waals surface area (Å²) in [5.41, 5.74) is 2.74. The highest BCUT2D eigenvalue weighted by atomic mass is 16.2. The van der Waals surface area contributed by atoms with Crippen LogP contribution in [0.2, 0.25) is 0 Å². The number of carbonyl (C=O) groups excluding carboxylic acids is 1. The molecule has 0 bridgehead atoms. The van der Waals surface area contributed by atoms with Gasteiger partial charge < -0.3 is 4.90 Å². The molecule has 0 unspecified atom stereocenters. The molecule has 1 aromatic heterocycles. The summed E-state index contributed by atoms with van der Waals surface area (Å²) in [6.07, 6.45) is 4.26. The van der Waals surface area contributed by atoms with E-state index in [1.54, 1.807) is 17.1 Å². The average molecular weight is 319 g/mol. The van der Waals surface area contributed by atoms with Gasteiger partial charge >= 0.3 is 0 Å². The van der Waals surface area contributed by atoms with Crippen molar-refractivity contribution in [2.45, 2.75) is 19.9 Å². The Labute approximate surface area is 142 Å². The highest BCUT2D eigenvalue weighted by molar-refractivity contribution is 6.05. The van der Waals surface area contributed by atoms with Gasteiger partial charge in [-0.3, -0.25) is 9.48 Å². The molecule has 2 aromatic carbocycles. The first-order chi connectivity index (χ1) is 11.8. The lowest BCUT2D eigenvalue weighted by molar-refractivity contribution is 0.0987. The number of benzene rings is 2. The second-order valence-corrected chi connectivity index (χ2v) is 5.61. The summed E-state index contributed by atoms with van der Waals surface area (Å²) in [5.74, 6) is -0.0168. The Morgan fingerprint density at radius 1 is 1.04 bits per heavy atom. The maximum atomic E-state index is 13.0. The summed E-state index contributed by atoms with van der Waals surface area (Å²) in [6.45, 7) is 3.39. The van der Waals surface area contributed by atoms with Gasteiger partial charge in [-0.2, -0.15) is 5.10 Å². The molecule has 0 aliphatic heterocycles. The molecule has 1 amide bonds. The third kappa shape index (κ3) is 3.71. The minimum absolute atomic E-state index is 0.0168. The van der Waals surface area contributed by atoms with E-state index in [1.807, 2.05) is 60.4 Å². The number of hydrogen-bond acceptors (Lipinski definition) is 2. The molecule has 4 nitrogen and oxygen atoms in total. The van der Waals surface area contributed by atoms with Crippen molar-refractivity contribution in [2.24, 2.45) is 0 Å². The number of hydrogen-bond donors (Lipinski definition) is 0. The molecule has 0 radical (unpaired) electrons. The molecular weight excluding hydrogens is 298 g/mol. The van der Waals surface area contributed by atoms with E-state index in [0.717, 1.165) is 18.7 Å². The van der Waals surface area contributed by atoms with E-state index in [9.17, 15) is 4.79 Å². The number of aromatic nitrogens is 2. The van der Waals surface area contributed by atoms with Crippen LogP contribution >= 0.6 is 0 Å². The molecule has 0 aliphatic carbocycles. The molecule has 4 heteroatoms. The lowest BCUT2D eigenvalue weighted by Crippen LogP contribution is -2.32. The standard InChI is InChI=1S/C20H21N3O/c1-2-22-16-18(15-21-22)20(24)23(19-11-7-4-8-12-19)14-13-17-9-5-3-6-10-17/h3-12,15-16H,2,13-14H2,1H3. The van der Waals surface area contributed by atoms with Gasteiger partial charge in [0.25, 0.3) is 5.91 Å². The van der Waals surface area contributed by atoms with Gasteiger partial charge in [0, 0.05) is 25.0 Å². The Hall–Kier alpha value is -2.88. The molecule has 1 heterocycles. The number of aryl methyl sites for hydroxylation is 1. The van der Waals surface area contributed by atoms with E-state index in [-0.39, 0.29) is 5.91 Å². The van der Waals surface area contributed by atoms with Crippen molar-refractivity contribution in [1.82, 2.24) is 9.78 Å². The Bertz CT molecular complexity index is 781. The third-order valence-electron chi connectivity index (χ3n) is 3.98. The van der Waals surface area contributed by atoms with Crippen LogP contribution in [0.15, 0.2) is 73.1 Å². The Morgan fingerprint density at radius 2 is 1.71 bits per heavy atom. The molecular formula is C20H21N3O. The van der Waals surface area contributed by atoms with E-state index in [4.69, 9.17) is 0 Å². The number of carbonyl (C=O) groups is 1. The van der Waals surface area contributed by atoms with Gasteiger partial charge in [-0.25, -0.2) is 0 Å². The zero-order valence-corrected chi connectivity index (χ0v) is 13.8. The van der Waals surface area contributed by atoms with Crippen LogP contribution in [0, 0.1) is 0 Å². The molecule has 0 spiro atoms. The molecule has 24 heavy (non-hydrogen) atoms. The van der Waals surface area contributed by atoms with Crippen LogP contribution in [0.25, 0.3) is 0 Å². The normalized spacial score (nSPS) is 10.5. The van der Waals surface area contributed by atoms with Crippen molar-refractivity contribution in [1.29, 1.82) is 0 Å². The molecule has 0 atom stereocenters. The second kappa shape index (κ2) is 7.59. The summed E-state index contributed by atoms with van der Waals surface area (Å²) in [5, 5.41) is 4.22. The Balaban J connectivity index is 1.83. The van der Waals surface area contributed by atoms with E-state index in [2.05, 4.69) is 17.2 Å². The first-order valence-electron chi connectivity index (χ1n) is 8.21. The fourth-order valence-electron chi connectivity index (χ4n) is 2.64. The van der Waals surface area contributed by atoms with Gasteiger partial charge in [-0.05, 0) is 31.0 Å². The highest BCUT2D eigenvalue weighted by Gasteiger charge is 2.19. The van der Waals surface area contributed by atoms with Crippen molar-refractivity contribution in [3.05, 3.63) is 84.2 Å². The van der Waals surface area contributed by atoms with Gasteiger partial charge in [-0.15, -0.1) is 0 Å². The number of anilines is 1. The maximum absolute atomic E-state index is 13.0. The molecule has 0 saturated carbocycles. The zero-order chi connectivity index (χ0) is 16.8. The predicted octanol–water partition coefficient (Wildman–Crippen LogP) is 3.79. The summed E-state index contributed by atoms with van der Waals surface area (Å²) < 4.78 is 1.77. The third-order valence-corrected chi connectivity index (χ3v) is 3.98. The predicted molar refractivity (Wildman–Crippen MR) is 96.2 cm³/mol. The largest absolute Gasteiger partial charge is 0.308 e. The van der Waals surface area contributed by atoms with Crippen LogP contribution in [-0.4, -0.2) is 22.2 Å². The topological polar surface area (TPSA) is 38.1 Å². The fraction of sp³-hybridized carbons (Fsp3) is 0.200. The second-order valence-electron chi connectivity index (χ2n) is 5.61. The van der Waals surface area contributed by atoms with Gasteiger partial charge in [0.1, 0.15) is 0 Å². The smallest absolute Gasteiger partial charge is 0.261 e. The quantitative estimate of drug-likeness (QED) is 0.693. The fourth-order valence-corrected chi connectivity index (χ4v) is 2.64. The highest BCUT2D eigenvalue weighted by Crippen LogP contribution is 2.17. The van der Waals surface area contributed by atoms with Crippen molar-refractivity contribution in [3.63, 3.8) is 0 Å². The molecule has 3 aromatic rings. The van der Waals surface area contributed by atoms with Crippen LogP contribution < -0.4 is 4.90 Å². The summed E-state index contributed by atoms with van der Waals surface area (Å²) in [4.78, 5) is 14.8. The Morgan fingerprint density at radius 3 is 2.33 bits per heavy atom. The van der Waals surface area contributed by atoms with E-state index >= 15 is 0 Å². The van der Waals surface area contributed by atoms with Crippen LogP contribution in [0.3, 0.4) is 0 Å². The van der Waals surface area contributed by atoms with Crippen LogP contribution in [0.4, 0.5) is 5.69 Å². The monoisotopic (exact) mass is 319 g/mol. The zero-order valence-electron chi connectivity index (χ0n) is 13.8. The van der Waals surface area contributed by atoms with E-state index in [0.29, 0.717) is 12.1 Å². The molecule has 0 fully saturated rings. The molecule has 0 aliphatic rings. The van der Waals surface area contributed by atoms with Gasteiger partial charge in [0.2, 0.25) is 0 Å². The summed E-state index contributed by atoms with van der Waals surface area (Å²) in [6, 6.07) is 20.0. The van der Waals surface area contributed by atoms with Gasteiger partial charge in [0.05, 0.1) is 11.8 Å². The molecule has 0 saturated heterocycles. The first-order valence-corrected chi connectivity index (χ1v) is 8.21. The summed E-state index contributed by atoms with van der Waals surface area (Å²) >= 11 is 0. The lowest BCUT2D eigenvalue weighted by atomic mass is 10.1. The molecule has 122 valence electrons. The van der Waals surface area contributed by atoms with Crippen molar-refractivity contribution in [3.8, 4) is 0 Å². The average Bonchev–Trinajstić information content (AvgIpc) is 3.13. The number of nitrogens with zero attached hydrogens (tertiary/aromatic N) is 3. The number of rotatable bonds is 6.